The molecule has 2 rings (SSSR count). The van der Waals surface area contributed by atoms with E-state index in [0.29, 0.717) is 0 Å². The topological polar surface area (TPSA) is 60.6 Å². The number of aromatic nitrogens is 5. The molecule has 0 aliphatic heterocycles. The van der Waals surface area contributed by atoms with Crippen molar-refractivity contribution in [2.45, 2.75) is 13.1 Å². The van der Waals surface area contributed by atoms with Crippen molar-refractivity contribution in [3.05, 3.63) is 30.9 Å². The largest absolute Gasteiger partial charge is 0.336 e. The van der Waals surface area contributed by atoms with E-state index in [0.717, 1.165) is 25.5 Å². The van der Waals surface area contributed by atoms with E-state index < -0.39 is 0 Å². The summed E-state index contributed by atoms with van der Waals surface area (Å²) < 4.78 is 3.80. The van der Waals surface area contributed by atoms with Gasteiger partial charge in [-0.05, 0) is 0 Å². The molecular weight excluding hydrogens is 192 g/mol. The molecule has 15 heavy (non-hydrogen) atoms. The summed E-state index contributed by atoms with van der Waals surface area (Å²) in [4.78, 5) is 8.09. The van der Waals surface area contributed by atoms with Gasteiger partial charge < -0.3 is 9.88 Å². The Bertz CT molecular complexity index is 390. The fraction of sp³-hybridized carbons (Fsp3) is 0.444. The fourth-order valence-electron chi connectivity index (χ4n) is 1.31. The number of hydrogen-bond acceptors (Lipinski definition) is 4. The van der Waals surface area contributed by atoms with E-state index in [9.17, 15) is 0 Å². The van der Waals surface area contributed by atoms with Crippen LogP contribution in [-0.4, -0.2) is 30.9 Å². The normalized spacial score (nSPS) is 10.7. The van der Waals surface area contributed by atoms with Gasteiger partial charge in [-0.25, -0.2) is 9.97 Å². The molecule has 0 saturated carbocycles. The van der Waals surface area contributed by atoms with Gasteiger partial charge in [0.1, 0.15) is 12.2 Å². The molecular formula is C9H14N6. The minimum absolute atomic E-state index is 0.741. The molecule has 0 aliphatic carbocycles. The van der Waals surface area contributed by atoms with Crippen LogP contribution in [0.4, 0.5) is 0 Å². The van der Waals surface area contributed by atoms with Crippen LogP contribution in [0.3, 0.4) is 0 Å². The Balaban J connectivity index is 1.70. The number of hydrogen-bond donors (Lipinski definition) is 1. The maximum Gasteiger partial charge on any atom is 0.140 e. The van der Waals surface area contributed by atoms with Crippen LogP contribution in [0.1, 0.15) is 5.82 Å². The van der Waals surface area contributed by atoms with Gasteiger partial charge in [-0.2, -0.15) is 5.10 Å². The lowest BCUT2D eigenvalue weighted by atomic mass is 10.5. The molecule has 2 aromatic heterocycles. The van der Waals surface area contributed by atoms with Crippen LogP contribution < -0.4 is 5.32 Å². The lowest BCUT2D eigenvalue weighted by Gasteiger charge is -2.04. The van der Waals surface area contributed by atoms with Crippen molar-refractivity contribution in [3.8, 4) is 0 Å². The van der Waals surface area contributed by atoms with Gasteiger partial charge in [0, 0.05) is 32.5 Å². The third-order valence-electron chi connectivity index (χ3n) is 2.19. The van der Waals surface area contributed by atoms with Gasteiger partial charge in [-0.1, -0.05) is 0 Å². The van der Waals surface area contributed by atoms with Crippen LogP contribution in [0, 0.1) is 0 Å². The van der Waals surface area contributed by atoms with Crippen LogP contribution in [0.2, 0.25) is 0 Å². The zero-order valence-electron chi connectivity index (χ0n) is 8.67. The average molecular weight is 206 g/mol. The minimum atomic E-state index is 0.741. The maximum absolute atomic E-state index is 4.12. The first-order valence-corrected chi connectivity index (χ1v) is 4.85. The highest BCUT2D eigenvalue weighted by Crippen LogP contribution is 1.89. The van der Waals surface area contributed by atoms with Crippen LogP contribution >= 0.6 is 0 Å². The second kappa shape index (κ2) is 4.70. The number of nitrogens with one attached hydrogen (secondary N) is 1. The molecule has 0 bridgehead atoms. The summed E-state index contributed by atoms with van der Waals surface area (Å²) in [5.74, 6) is 0.945. The Kier molecular flexibility index (Phi) is 3.08. The maximum atomic E-state index is 4.12. The van der Waals surface area contributed by atoms with E-state index in [1.807, 2.05) is 24.1 Å². The summed E-state index contributed by atoms with van der Waals surface area (Å²) in [6.07, 6.45) is 7.10. The molecule has 0 radical (unpaired) electrons. The summed E-state index contributed by atoms with van der Waals surface area (Å²) in [6, 6.07) is 0. The first kappa shape index (κ1) is 9.85. The highest BCUT2D eigenvalue weighted by molar-refractivity contribution is 4.82. The van der Waals surface area contributed by atoms with E-state index in [1.165, 1.54) is 0 Å². The minimum Gasteiger partial charge on any atom is -0.336 e. The summed E-state index contributed by atoms with van der Waals surface area (Å²) >= 11 is 0. The van der Waals surface area contributed by atoms with E-state index in [-0.39, 0.29) is 0 Å². The molecule has 2 aromatic rings. The molecule has 0 unspecified atom stereocenters. The van der Waals surface area contributed by atoms with Gasteiger partial charge in [-0.3, -0.25) is 4.68 Å². The smallest absolute Gasteiger partial charge is 0.140 e. The summed E-state index contributed by atoms with van der Waals surface area (Å²) in [5, 5.41) is 7.29. The predicted molar refractivity (Wildman–Crippen MR) is 54.9 cm³/mol. The van der Waals surface area contributed by atoms with E-state index >= 15 is 0 Å². The molecule has 0 saturated heterocycles. The molecule has 0 aromatic carbocycles. The molecule has 0 aliphatic rings. The Morgan fingerprint density at radius 2 is 2.40 bits per heavy atom. The average Bonchev–Trinajstić information content (AvgIpc) is 2.85. The molecule has 80 valence electrons. The third-order valence-corrected chi connectivity index (χ3v) is 2.19. The summed E-state index contributed by atoms with van der Waals surface area (Å²) in [7, 11) is 1.89. The van der Waals surface area contributed by atoms with Crippen molar-refractivity contribution in [3.63, 3.8) is 0 Å². The van der Waals surface area contributed by atoms with Crippen LogP contribution in [0.25, 0.3) is 0 Å². The van der Waals surface area contributed by atoms with E-state index in [1.54, 1.807) is 17.2 Å². The number of aryl methyl sites for hydroxylation is 1. The molecule has 0 spiro atoms. The van der Waals surface area contributed by atoms with Gasteiger partial charge >= 0.3 is 0 Å². The van der Waals surface area contributed by atoms with Crippen molar-refractivity contribution in [1.82, 2.24) is 29.6 Å². The summed E-state index contributed by atoms with van der Waals surface area (Å²) in [6.45, 7) is 2.55. The van der Waals surface area contributed by atoms with Gasteiger partial charge in [0.25, 0.3) is 0 Å². The molecule has 0 amide bonds. The van der Waals surface area contributed by atoms with E-state index in [4.69, 9.17) is 0 Å². The number of imidazole rings is 1. The Morgan fingerprint density at radius 1 is 1.47 bits per heavy atom. The van der Waals surface area contributed by atoms with Crippen LogP contribution in [0.15, 0.2) is 25.0 Å². The third kappa shape index (κ3) is 2.63. The number of nitrogens with zero attached hydrogens (tertiary/aromatic N) is 5. The highest BCUT2D eigenvalue weighted by Gasteiger charge is 1.98. The van der Waals surface area contributed by atoms with Gasteiger partial charge in [-0.15, -0.1) is 0 Å². The molecule has 6 nitrogen and oxygen atoms in total. The predicted octanol–water partition coefficient (Wildman–Crippen LogP) is -0.199. The van der Waals surface area contributed by atoms with Crippen molar-refractivity contribution >= 4 is 0 Å². The van der Waals surface area contributed by atoms with Gasteiger partial charge in [0.15, 0.2) is 0 Å². The lowest BCUT2D eigenvalue weighted by molar-refractivity contribution is 0.567. The van der Waals surface area contributed by atoms with Crippen LogP contribution in [0.5, 0.6) is 0 Å². The Hall–Kier alpha value is -1.69. The lowest BCUT2D eigenvalue weighted by Crippen LogP contribution is -2.21. The van der Waals surface area contributed by atoms with Crippen LogP contribution in [-0.2, 0) is 20.1 Å². The van der Waals surface area contributed by atoms with Crippen molar-refractivity contribution in [2.75, 3.05) is 6.54 Å². The molecule has 0 fully saturated rings. The van der Waals surface area contributed by atoms with Crippen molar-refractivity contribution < 1.29 is 0 Å². The second-order valence-corrected chi connectivity index (χ2v) is 3.28. The monoisotopic (exact) mass is 206 g/mol. The van der Waals surface area contributed by atoms with E-state index in [2.05, 4.69) is 20.4 Å². The second-order valence-electron chi connectivity index (χ2n) is 3.28. The first-order chi connectivity index (χ1) is 7.36. The Morgan fingerprint density at radius 3 is 3.07 bits per heavy atom. The molecule has 1 N–H and O–H groups in total. The Labute approximate surface area is 88.0 Å². The van der Waals surface area contributed by atoms with Gasteiger partial charge in [0.2, 0.25) is 0 Å². The fourth-order valence-corrected chi connectivity index (χ4v) is 1.31. The standard InChI is InChI=1S/C9H14N6/c1-14-9(12-7-13-14)6-10-2-4-15-5-3-11-8-15/h3,5,7-8,10H,2,4,6H2,1H3. The molecule has 2 heterocycles. The highest BCUT2D eigenvalue weighted by atomic mass is 15.3. The first-order valence-electron chi connectivity index (χ1n) is 4.85. The van der Waals surface area contributed by atoms with Crippen molar-refractivity contribution in [1.29, 1.82) is 0 Å². The SMILES string of the molecule is Cn1ncnc1CNCCn1ccnc1. The molecule has 0 atom stereocenters. The zero-order valence-corrected chi connectivity index (χ0v) is 8.67. The number of rotatable bonds is 5. The molecule has 6 heteroatoms. The quantitative estimate of drug-likeness (QED) is 0.688. The zero-order chi connectivity index (χ0) is 10.5. The van der Waals surface area contributed by atoms with Gasteiger partial charge in [0.05, 0.1) is 12.9 Å². The summed E-state index contributed by atoms with van der Waals surface area (Å²) in [5.41, 5.74) is 0. The van der Waals surface area contributed by atoms with Crippen molar-refractivity contribution in [2.24, 2.45) is 7.05 Å².